The summed E-state index contributed by atoms with van der Waals surface area (Å²) in [7, 11) is 0. The smallest absolute Gasteiger partial charge is 0.416 e. The molecule has 1 aromatic carbocycles. The van der Waals surface area contributed by atoms with Gasteiger partial charge in [-0.3, -0.25) is 4.79 Å². The number of aliphatic carboxylic acids is 1. The lowest BCUT2D eigenvalue weighted by molar-refractivity contribution is -0.138. The largest absolute Gasteiger partial charge is 0.481 e. The molecule has 0 aliphatic rings. The van der Waals surface area contributed by atoms with Crippen molar-refractivity contribution in [1.29, 1.82) is 0 Å². The number of alkyl halides is 3. The minimum Gasteiger partial charge on any atom is -0.481 e. The third-order valence-electron chi connectivity index (χ3n) is 2.54. The van der Waals surface area contributed by atoms with Crippen LogP contribution in [0.15, 0.2) is 18.2 Å². The summed E-state index contributed by atoms with van der Waals surface area (Å²) in [5.74, 6) is -1.99. The van der Waals surface area contributed by atoms with Gasteiger partial charge in [0.1, 0.15) is 0 Å². The molecule has 0 amide bonds. The molecule has 0 aliphatic carbocycles. The molecular formula is C13H13F3O4. The van der Waals surface area contributed by atoms with Gasteiger partial charge in [-0.05, 0) is 31.0 Å². The molecule has 0 heterocycles. The van der Waals surface area contributed by atoms with Crippen LogP contribution in [0.3, 0.4) is 0 Å². The number of rotatable bonds is 5. The molecule has 0 radical (unpaired) electrons. The van der Waals surface area contributed by atoms with Crippen molar-refractivity contribution in [1.82, 2.24) is 0 Å². The van der Waals surface area contributed by atoms with Gasteiger partial charge in [-0.15, -0.1) is 0 Å². The SMILES string of the molecule is CCOC(=O)c1cc(C(F)(F)F)ccc1CCC(=O)O. The zero-order chi connectivity index (χ0) is 15.3. The maximum absolute atomic E-state index is 12.6. The Hall–Kier alpha value is -2.05. The lowest BCUT2D eigenvalue weighted by atomic mass is 10.00. The highest BCUT2D eigenvalue weighted by atomic mass is 19.4. The highest BCUT2D eigenvalue weighted by molar-refractivity contribution is 5.91. The van der Waals surface area contributed by atoms with Crippen LogP contribution in [0.25, 0.3) is 0 Å². The van der Waals surface area contributed by atoms with Crippen LogP contribution in [0.1, 0.15) is 34.8 Å². The average Bonchev–Trinajstić information content (AvgIpc) is 2.35. The van der Waals surface area contributed by atoms with Gasteiger partial charge in [0.2, 0.25) is 0 Å². The number of carbonyl (C=O) groups excluding carboxylic acids is 1. The zero-order valence-electron chi connectivity index (χ0n) is 10.7. The maximum atomic E-state index is 12.6. The second-order valence-electron chi connectivity index (χ2n) is 3.98. The van der Waals surface area contributed by atoms with Gasteiger partial charge in [0.05, 0.1) is 17.7 Å². The van der Waals surface area contributed by atoms with E-state index in [0.717, 1.165) is 12.1 Å². The van der Waals surface area contributed by atoms with Gasteiger partial charge in [-0.25, -0.2) is 4.79 Å². The first-order chi connectivity index (χ1) is 9.25. The molecule has 1 N–H and O–H groups in total. The fourth-order valence-corrected chi connectivity index (χ4v) is 1.61. The van der Waals surface area contributed by atoms with Crippen molar-refractivity contribution >= 4 is 11.9 Å². The molecule has 110 valence electrons. The number of hydrogen-bond acceptors (Lipinski definition) is 3. The molecule has 1 aromatic rings. The van der Waals surface area contributed by atoms with Gasteiger partial charge in [-0.1, -0.05) is 6.07 Å². The molecule has 0 fully saturated rings. The first-order valence-electron chi connectivity index (χ1n) is 5.84. The van der Waals surface area contributed by atoms with E-state index >= 15 is 0 Å². The quantitative estimate of drug-likeness (QED) is 0.847. The van der Waals surface area contributed by atoms with Crippen molar-refractivity contribution < 1.29 is 32.6 Å². The van der Waals surface area contributed by atoms with Crippen LogP contribution in [0.5, 0.6) is 0 Å². The molecule has 0 saturated carbocycles. The summed E-state index contributed by atoms with van der Waals surface area (Å²) in [5.41, 5.74) is -0.999. The molecule has 4 nitrogen and oxygen atoms in total. The minimum atomic E-state index is -4.58. The van der Waals surface area contributed by atoms with Crippen molar-refractivity contribution in [3.8, 4) is 0 Å². The number of carbonyl (C=O) groups is 2. The Balaban J connectivity index is 3.16. The maximum Gasteiger partial charge on any atom is 0.416 e. The average molecular weight is 290 g/mol. The number of esters is 1. The van der Waals surface area contributed by atoms with Crippen LogP contribution in [-0.2, 0) is 22.1 Å². The van der Waals surface area contributed by atoms with Crippen LogP contribution in [0, 0.1) is 0 Å². The van der Waals surface area contributed by atoms with Gasteiger partial charge in [0, 0.05) is 6.42 Å². The monoisotopic (exact) mass is 290 g/mol. The zero-order valence-corrected chi connectivity index (χ0v) is 10.7. The van der Waals surface area contributed by atoms with Crippen LogP contribution in [0.2, 0.25) is 0 Å². The fourth-order valence-electron chi connectivity index (χ4n) is 1.61. The first kappa shape index (κ1) is 16.0. The van der Waals surface area contributed by atoms with Gasteiger partial charge < -0.3 is 9.84 Å². The summed E-state index contributed by atoms with van der Waals surface area (Å²) in [5, 5.41) is 8.60. The fraction of sp³-hybridized carbons (Fsp3) is 0.385. The van der Waals surface area contributed by atoms with Crippen molar-refractivity contribution in [2.75, 3.05) is 6.61 Å². The number of benzene rings is 1. The number of carboxylic acid groups (broad SMARTS) is 1. The van der Waals surface area contributed by atoms with Crippen molar-refractivity contribution in [2.45, 2.75) is 25.9 Å². The van der Waals surface area contributed by atoms with E-state index in [1.54, 1.807) is 0 Å². The van der Waals surface area contributed by atoms with E-state index in [1.807, 2.05) is 0 Å². The van der Waals surface area contributed by atoms with Crippen molar-refractivity contribution in [2.24, 2.45) is 0 Å². The third-order valence-corrected chi connectivity index (χ3v) is 2.54. The lowest BCUT2D eigenvalue weighted by Crippen LogP contribution is -2.13. The summed E-state index contributed by atoms with van der Waals surface area (Å²) in [6.45, 7) is 1.55. The van der Waals surface area contributed by atoms with Crippen LogP contribution in [0.4, 0.5) is 13.2 Å². The predicted molar refractivity (Wildman–Crippen MR) is 63.4 cm³/mol. The molecule has 20 heavy (non-hydrogen) atoms. The Labute approximate surface area is 113 Å². The van der Waals surface area contributed by atoms with E-state index < -0.39 is 23.7 Å². The van der Waals surface area contributed by atoms with E-state index in [1.165, 1.54) is 6.92 Å². The Morgan fingerprint density at radius 1 is 1.30 bits per heavy atom. The first-order valence-corrected chi connectivity index (χ1v) is 5.84. The van der Waals surface area contributed by atoms with Crippen molar-refractivity contribution in [3.05, 3.63) is 34.9 Å². The molecule has 1 rings (SSSR count). The Morgan fingerprint density at radius 2 is 1.95 bits per heavy atom. The summed E-state index contributed by atoms with van der Waals surface area (Å²) < 4.78 is 42.5. The summed E-state index contributed by atoms with van der Waals surface area (Å²) >= 11 is 0. The molecule has 0 unspecified atom stereocenters. The minimum absolute atomic E-state index is 0.0213. The summed E-state index contributed by atoms with van der Waals surface area (Å²) in [6.07, 6.45) is -4.90. The van der Waals surface area contributed by atoms with E-state index in [2.05, 4.69) is 4.74 Å². The molecule has 0 aromatic heterocycles. The van der Waals surface area contributed by atoms with Gasteiger partial charge >= 0.3 is 18.1 Å². The van der Waals surface area contributed by atoms with E-state index in [-0.39, 0.29) is 30.6 Å². The van der Waals surface area contributed by atoms with Gasteiger partial charge in [0.15, 0.2) is 0 Å². The Kier molecular flexibility index (Phi) is 5.12. The Bertz CT molecular complexity index is 509. The molecule has 7 heteroatoms. The lowest BCUT2D eigenvalue weighted by Gasteiger charge is -2.12. The van der Waals surface area contributed by atoms with Crippen molar-refractivity contribution in [3.63, 3.8) is 0 Å². The number of ether oxygens (including phenoxy) is 1. The van der Waals surface area contributed by atoms with E-state index in [0.29, 0.717) is 6.07 Å². The third kappa shape index (κ3) is 4.25. The van der Waals surface area contributed by atoms with E-state index in [4.69, 9.17) is 5.11 Å². The molecule has 0 bridgehead atoms. The highest BCUT2D eigenvalue weighted by Gasteiger charge is 2.32. The number of carboxylic acids is 1. The molecule has 0 saturated heterocycles. The number of hydrogen-bond donors (Lipinski definition) is 1. The van der Waals surface area contributed by atoms with Gasteiger partial charge in [0.25, 0.3) is 0 Å². The topological polar surface area (TPSA) is 63.6 Å². The Morgan fingerprint density at radius 3 is 2.45 bits per heavy atom. The predicted octanol–water partition coefficient (Wildman–Crippen LogP) is 2.90. The normalized spacial score (nSPS) is 11.2. The van der Waals surface area contributed by atoms with Crippen LogP contribution >= 0.6 is 0 Å². The molecule has 0 aliphatic heterocycles. The van der Waals surface area contributed by atoms with Crippen LogP contribution < -0.4 is 0 Å². The summed E-state index contributed by atoms with van der Waals surface area (Å²) in [4.78, 5) is 22.2. The van der Waals surface area contributed by atoms with Gasteiger partial charge in [-0.2, -0.15) is 13.2 Å². The second-order valence-corrected chi connectivity index (χ2v) is 3.98. The standard InChI is InChI=1S/C13H13F3O4/c1-2-20-12(19)10-7-9(13(14,15)16)5-3-8(10)4-6-11(17)18/h3,5,7H,2,4,6H2,1H3,(H,17,18). The summed E-state index contributed by atoms with van der Waals surface area (Å²) in [6, 6.07) is 2.62. The second kappa shape index (κ2) is 6.40. The molecule has 0 atom stereocenters. The number of aryl methyl sites for hydroxylation is 1. The van der Waals surface area contributed by atoms with E-state index in [9.17, 15) is 22.8 Å². The number of halogens is 3. The highest BCUT2D eigenvalue weighted by Crippen LogP contribution is 2.31. The van der Waals surface area contributed by atoms with Crippen LogP contribution in [-0.4, -0.2) is 23.7 Å². The molecular weight excluding hydrogens is 277 g/mol. The molecule has 0 spiro atoms.